The fourth-order valence-electron chi connectivity index (χ4n) is 4.84. The summed E-state index contributed by atoms with van der Waals surface area (Å²) in [6.07, 6.45) is -5.48. The van der Waals surface area contributed by atoms with Crippen LogP contribution in [-0.4, -0.2) is 50.4 Å². The van der Waals surface area contributed by atoms with Gasteiger partial charge < -0.3 is 20.5 Å². The predicted octanol–water partition coefficient (Wildman–Crippen LogP) is 3.20. The number of hydrogen-bond donors (Lipinski definition) is 3. The van der Waals surface area contributed by atoms with Gasteiger partial charge in [-0.05, 0) is 50.3 Å². The first-order chi connectivity index (χ1) is 16.9. The number of nitrogens with one attached hydrogen (secondary N) is 2. The number of alkyl halides is 3. The van der Waals surface area contributed by atoms with Crippen LogP contribution in [0.25, 0.3) is 10.2 Å². The molecule has 1 aliphatic heterocycles. The summed E-state index contributed by atoms with van der Waals surface area (Å²) in [7, 11) is 1.25. The highest BCUT2D eigenvalue weighted by atomic mass is 32.1. The topological polar surface area (TPSA) is 135 Å². The Kier molecular flexibility index (Phi) is 5.37. The van der Waals surface area contributed by atoms with Gasteiger partial charge in [0.05, 0.1) is 12.5 Å². The highest BCUT2D eigenvalue weighted by molar-refractivity contribution is 7.20. The van der Waals surface area contributed by atoms with Crippen LogP contribution in [0.5, 0.6) is 0 Å². The number of hydrogen-bond acceptors (Lipinski definition) is 9. The SMILES string of the molecule is COC(=O)c1cc2c(Nc3cc(C)c4n(c3=O)C3(CCC(O)(C(F)(F)F)CC3)NC4=O)ncnc2s1.[HH]. The molecule has 0 atom stereocenters. The summed E-state index contributed by atoms with van der Waals surface area (Å²) in [6, 6.07) is 2.99. The minimum absolute atomic E-state index is 0. The molecule has 1 amide bonds. The van der Waals surface area contributed by atoms with Gasteiger partial charge in [-0.3, -0.25) is 14.2 Å². The van der Waals surface area contributed by atoms with Crippen LogP contribution in [0.1, 0.15) is 52.8 Å². The maximum absolute atomic E-state index is 13.6. The van der Waals surface area contributed by atoms with E-state index in [2.05, 4.69) is 20.6 Å². The fraction of sp³-hybridized carbons (Fsp3) is 0.409. The number of thiophene rings is 1. The molecule has 0 unspecified atom stereocenters. The van der Waals surface area contributed by atoms with Crippen molar-refractivity contribution in [2.75, 3.05) is 12.4 Å². The van der Waals surface area contributed by atoms with Gasteiger partial charge in [-0.15, -0.1) is 11.3 Å². The van der Waals surface area contributed by atoms with Crippen molar-refractivity contribution in [3.8, 4) is 0 Å². The minimum Gasteiger partial charge on any atom is -0.465 e. The third-order valence-corrected chi connectivity index (χ3v) is 7.80. The van der Waals surface area contributed by atoms with Crippen LogP contribution >= 0.6 is 11.3 Å². The van der Waals surface area contributed by atoms with Crippen molar-refractivity contribution in [3.63, 3.8) is 0 Å². The van der Waals surface area contributed by atoms with Gasteiger partial charge in [0.1, 0.15) is 38.9 Å². The summed E-state index contributed by atoms with van der Waals surface area (Å²) >= 11 is 1.08. The fourth-order valence-corrected chi connectivity index (χ4v) is 5.76. The normalized spacial score (nSPS) is 23.6. The molecule has 0 radical (unpaired) electrons. The standard InChI is InChI=1S/C22H20F3N5O5S.H2/c1-10-7-12(28-15-11-8-13(19(33)35-2)36-17(11)27-9-26-15)18(32)30-14(10)16(31)29-21(30)5-3-20(34,4-6-21)22(23,24)25;/h7-9,34H,3-6H2,1-2H3,(H,29,31)(H,26,27,28);1H. The number of aliphatic hydroxyl groups is 1. The Labute approximate surface area is 206 Å². The molecule has 14 heteroatoms. The molecule has 1 fully saturated rings. The third kappa shape index (κ3) is 3.54. The Bertz CT molecular complexity index is 1480. The van der Waals surface area contributed by atoms with Crippen molar-refractivity contribution < 1.29 is 34.0 Å². The molecule has 1 spiro atoms. The van der Waals surface area contributed by atoms with Gasteiger partial charge in [-0.1, -0.05) is 0 Å². The largest absolute Gasteiger partial charge is 0.465 e. The number of aryl methyl sites for hydroxylation is 1. The van der Waals surface area contributed by atoms with E-state index in [-0.39, 0.29) is 36.3 Å². The third-order valence-electron chi connectivity index (χ3n) is 6.78. The van der Waals surface area contributed by atoms with E-state index in [1.54, 1.807) is 6.92 Å². The van der Waals surface area contributed by atoms with Gasteiger partial charge in [0.15, 0.2) is 5.60 Å². The molecule has 192 valence electrons. The second kappa shape index (κ2) is 8.00. The zero-order chi connectivity index (χ0) is 26.0. The lowest BCUT2D eigenvalue weighted by atomic mass is 9.78. The number of amides is 1. The Morgan fingerprint density at radius 1 is 1.25 bits per heavy atom. The molecular weight excluding hydrogens is 503 g/mol. The average molecular weight is 526 g/mol. The maximum Gasteiger partial charge on any atom is 0.417 e. The van der Waals surface area contributed by atoms with Crippen molar-refractivity contribution in [1.82, 2.24) is 19.9 Å². The van der Waals surface area contributed by atoms with Crippen molar-refractivity contribution >= 4 is 44.9 Å². The molecule has 1 saturated carbocycles. The molecule has 0 saturated heterocycles. The highest BCUT2D eigenvalue weighted by Gasteiger charge is 2.59. The van der Waals surface area contributed by atoms with E-state index in [1.807, 2.05) is 0 Å². The smallest absolute Gasteiger partial charge is 0.417 e. The minimum atomic E-state index is -4.83. The Morgan fingerprint density at radius 2 is 1.94 bits per heavy atom. The number of carbonyl (C=O) groups excluding carboxylic acids is 2. The van der Waals surface area contributed by atoms with Crippen LogP contribution in [-0.2, 0) is 10.4 Å². The summed E-state index contributed by atoms with van der Waals surface area (Å²) in [5, 5.41) is 16.2. The van der Waals surface area contributed by atoms with Crippen molar-refractivity contribution in [2.24, 2.45) is 0 Å². The molecule has 3 N–H and O–H groups in total. The van der Waals surface area contributed by atoms with Crippen LogP contribution < -0.4 is 16.2 Å². The van der Waals surface area contributed by atoms with E-state index in [4.69, 9.17) is 4.74 Å². The maximum atomic E-state index is 13.6. The number of aromatic nitrogens is 3. The predicted molar refractivity (Wildman–Crippen MR) is 125 cm³/mol. The first kappa shape index (κ1) is 24.2. The number of halogens is 3. The summed E-state index contributed by atoms with van der Waals surface area (Å²) in [6.45, 7) is 1.61. The van der Waals surface area contributed by atoms with Gasteiger partial charge in [0.2, 0.25) is 0 Å². The molecule has 2 aliphatic rings. The zero-order valence-electron chi connectivity index (χ0n) is 19.0. The van der Waals surface area contributed by atoms with Gasteiger partial charge in [0.25, 0.3) is 11.5 Å². The number of fused-ring (bicyclic) bond motifs is 3. The second-order valence-electron chi connectivity index (χ2n) is 8.91. The number of carbonyl (C=O) groups is 2. The summed E-state index contributed by atoms with van der Waals surface area (Å²) < 4.78 is 46.0. The van der Waals surface area contributed by atoms with Crippen LogP contribution in [0.2, 0.25) is 0 Å². The first-order valence-electron chi connectivity index (χ1n) is 10.9. The quantitative estimate of drug-likeness (QED) is 0.444. The van der Waals surface area contributed by atoms with Crippen molar-refractivity contribution in [3.05, 3.63) is 44.9 Å². The molecule has 5 rings (SSSR count). The molecule has 0 bridgehead atoms. The summed E-state index contributed by atoms with van der Waals surface area (Å²) in [5.41, 5.74) is -4.40. The van der Waals surface area contributed by atoms with Crippen LogP contribution in [0.4, 0.5) is 24.7 Å². The average Bonchev–Trinajstić information content (AvgIpc) is 3.38. The lowest BCUT2D eigenvalue weighted by Gasteiger charge is -2.43. The lowest BCUT2D eigenvalue weighted by Crippen LogP contribution is -2.57. The molecule has 1 aliphatic carbocycles. The molecule has 3 aromatic rings. The number of anilines is 2. The molecule has 3 aromatic heterocycles. The first-order valence-corrected chi connectivity index (χ1v) is 11.7. The van der Waals surface area contributed by atoms with Crippen LogP contribution in [0.3, 0.4) is 0 Å². The number of ether oxygens (including phenoxy) is 1. The lowest BCUT2D eigenvalue weighted by molar-refractivity contribution is -0.275. The number of rotatable bonds is 3. The highest BCUT2D eigenvalue weighted by Crippen LogP contribution is 2.47. The number of pyridine rings is 1. The number of esters is 1. The molecular formula is C22H22F3N5O5S. The summed E-state index contributed by atoms with van der Waals surface area (Å²) in [5.74, 6) is -0.900. The van der Waals surface area contributed by atoms with Crippen LogP contribution in [0, 0.1) is 6.92 Å². The van der Waals surface area contributed by atoms with E-state index in [0.29, 0.717) is 15.8 Å². The van der Waals surface area contributed by atoms with E-state index in [0.717, 1.165) is 11.3 Å². The van der Waals surface area contributed by atoms with E-state index in [1.165, 1.54) is 30.1 Å². The summed E-state index contributed by atoms with van der Waals surface area (Å²) in [4.78, 5) is 47.4. The molecule has 36 heavy (non-hydrogen) atoms. The van der Waals surface area contributed by atoms with Gasteiger partial charge in [-0.25, -0.2) is 14.8 Å². The van der Waals surface area contributed by atoms with E-state index in [9.17, 15) is 32.7 Å². The Balaban J connectivity index is 0.00000320. The molecule has 0 aromatic carbocycles. The Hall–Kier alpha value is -3.52. The number of methoxy groups -OCH3 is 1. The molecule has 4 heterocycles. The van der Waals surface area contributed by atoms with Crippen molar-refractivity contribution in [2.45, 2.75) is 50.0 Å². The van der Waals surface area contributed by atoms with E-state index < -0.39 is 47.7 Å². The molecule has 10 nitrogen and oxygen atoms in total. The van der Waals surface area contributed by atoms with Gasteiger partial charge in [0, 0.05) is 1.43 Å². The zero-order valence-corrected chi connectivity index (χ0v) is 19.8. The van der Waals surface area contributed by atoms with Crippen LogP contribution in [0.15, 0.2) is 23.3 Å². The van der Waals surface area contributed by atoms with Crippen molar-refractivity contribution in [1.29, 1.82) is 0 Å². The monoisotopic (exact) mass is 525 g/mol. The van der Waals surface area contributed by atoms with E-state index >= 15 is 0 Å². The second-order valence-corrected chi connectivity index (χ2v) is 9.94. The number of nitrogens with zero attached hydrogens (tertiary/aromatic N) is 3. The van der Waals surface area contributed by atoms with Gasteiger partial charge in [-0.2, -0.15) is 13.2 Å². The van der Waals surface area contributed by atoms with Gasteiger partial charge >= 0.3 is 12.1 Å². The Morgan fingerprint density at radius 3 is 2.58 bits per heavy atom.